The number of hydrogen-bond donors (Lipinski definition) is 2. The number of nitrogens with zero attached hydrogens (tertiary/aromatic N) is 2. The first-order valence-electron chi connectivity index (χ1n) is 5.49. The second-order valence-corrected chi connectivity index (χ2v) is 4.00. The number of aryl methyl sites for hydroxylation is 1. The Balaban J connectivity index is 2.13. The van der Waals surface area contributed by atoms with E-state index in [1.54, 1.807) is 24.7 Å². The molecule has 0 bridgehead atoms. The Hall–Kier alpha value is -2.10. The van der Waals surface area contributed by atoms with Crippen LogP contribution in [0.25, 0.3) is 0 Å². The number of anilines is 1. The molecule has 0 aliphatic carbocycles. The summed E-state index contributed by atoms with van der Waals surface area (Å²) in [7, 11) is 0. The summed E-state index contributed by atoms with van der Waals surface area (Å²) in [6.45, 7) is 3.87. The van der Waals surface area contributed by atoms with Crippen LogP contribution in [0.1, 0.15) is 24.2 Å². The first kappa shape index (κ1) is 11.4. The van der Waals surface area contributed by atoms with Crippen molar-refractivity contribution in [3.63, 3.8) is 0 Å². The first-order valence-corrected chi connectivity index (χ1v) is 5.49. The molecule has 88 valence electrons. The van der Waals surface area contributed by atoms with Gasteiger partial charge in [0.05, 0.1) is 17.9 Å². The SMILES string of the molecule is Cc1ccc(NC(C)c2cnccn2)cc1O. The predicted molar refractivity (Wildman–Crippen MR) is 66.9 cm³/mol. The second-order valence-electron chi connectivity index (χ2n) is 4.00. The van der Waals surface area contributed by atoms with E-state index in [1.165, 1.54) is 0 Å². The van der Waals surface area contributed by atoms with Gasteiger partial charge in [-0.15, -0.1) is 0 Å². The van der Waals surface area contributed by atoms with E-state index >= 15 is 0 Å². The highest BCUT2D eigenvalue weighted by Crippen LogP contribution is 2.23. The highest BCUT2D eigenvalue weighted by molar-refractivity contribution is 5.51. The number of phenolic OH excluding ortho intramolecular Hbond substituents is 1. The van der Waals surface area contributed by atoms with E-state index < -0.39 is 0 Å². The number of rotatable bonds is 3. The van der Waals surface area contributed by atoms with Crippen LogP contribution in [0.2, 0.25) is 0 Å². The molecule has 1 unspecified atom stereocenters. The molecule has 0 saturated heterocycles. The lowest BCUT2D eigenvalue weighted by atomic mass is 10.2. The maximum absolute atomic E-state index is 9.62. The summed E-state index contributed by atoms with van der Waals surface area (Å²) < 4.78 is 0. The molecular weight excluding hydrogens is 214 g/mol. The third-order valence-electron chi connectivity index (χ3n) is 2.62. The quantitative estimate of drug-likeness (QED) is 0.849. The Morgan fingerprint density at radius 3 is 2.76 bits per heavy atom. The number of aromatic nitrogens is 2. The summed E-state index contributed by atoms with van der Waals surface area (Å²) in [4.78, 5) is 8.25. The normalized spacial score (nSPS) is 12.1. The molecule has 1 heterocycles. The van der Waals surface area contributed by atoms with Gasteiger partial charge >= 0.3 is 0 Å². The molecule has 1 aromatic heterocycles. The molecule has 1 atom stereocenters. The summed E-state index contributed by atoms with van der Waals surface area (Å²) in [6, 6.07) is 5.57. The summed E-state index contributed by atoms with van der Waals surface area (Å²) in [5.74, 6) is 0.293. The van der Waals surface area contributed by atoms with Crippen LogP contribution in [0.3, 0.4) is 0 Å². The molecule has 2 rings (SSSR count). The van der Waals surface area contributed by atoms with Crippen molar-refractivity contribution in [2.45, 2.75) is 19.9 Å². The Kier molecular flexibility index (Phi) is 3.23. The average molecular weight is 229 g/mol. The van der Waals surface area contributed by atoms with E-state index in [0.717, 1.165) is 16.9 Å². The predicted octanol–water partition coefficient (Wildman–Crippen LogP) is 2.66. The van der Waals surface area contributed by atoms with Crippen LogP contribution < -0.4 is 5.32 Å². The van der Waals surface area contributed by atoms with E-state index in [-0.39, 0.29) is 6.04 Å². The van der Waals surface area contributed by atoms with Crippen LogP contribution >= 0.6 is 0 Å². The van der Waals surface area contributed by atoms with Gasteiger partial charge in [-0.1, -0.05) is 6.07 Å². The van der Waals surface area contributed by atoms with Crippen molar-refractivity contribution < 1.29 is 5.11 Å². The monoisotopic (exact) mass is 229 g/mol. The fraction of sp³-hybridized carbons (Fsp3) is 0.231. The van der Waals surface area contributed by atoms with Crippen LogP contribution in [0.5, 0.6) is 5.75 Å². The van der Waals surface area contributed by atoms with Gasteiger partial charge in [0, 0.05) is 24.1 Å². The minimum Gasteiger partial charge on any atom is -0.508 e. The fourth-order valence-corrected chi connectivity index (χ4v) is 1.56. The minimum absolute atomic E-state index is 0.0470. The lowest BCUT2D eigenvalue weighted by molar-refractivity contribution is 0.471. The minimum atomic E-state index is 0.0470. The van der Waals surface area contributed by atoms with E-state index in [1.807, 2.05) is 26.0 Å². The third kappa shape index (κ3) is 2.72. The number of nitrogens with one attached hydrogen (secondary N) is 1. The van der Waals surface area contributed by atoms with Crippen molar-refractivity contribution in [2.75, 3.05) is 5.32 Å². The number of phenols is 1. The molecular formula is C13H15N3O. The molecule has 0 aliphatic heterocycles. The average Bonchev–Trinajstić information content (AvgIpc) is 2.35. The van der Waals surface area contributed by atoms with Crippen LogP contribution in [-0.2, 0) is 0 Å². The highest BCUT2D eigenvalue weighted by atomic mass is 16.3. The van der Waals surface area contributed by atoms with Gasteiger partial charge in [0.1, 0.15) is 5.75 Å². The molecule has 0 spiro atoms. The molecule has 0 radical (unpaired) electrons. The summed E-state index contributed by atoms with van der Waals surface area (Å²) in [5.41, 5.74) is 2.60. The van der Waals surface area contributed by atoms with Gasteiger partial charge in [0.25, 0.3) is 0 Å². The molecule has 0 aliphatic rings. The zero-order valence-corrected chi connectivity index (χ0v) is 9.88. The fourth-order valence-electron chi connectivity index (χ4n) is 1.56. The van der Waals surface area contributed by atoms with Gasteiger partial charge in [0.15, 0.2) is 0 Å². The third-order valence-corrected chi connectivity index (χ3v) is 2.62. The van der Waals surface area contributed by atoms with Crippen LogP contribution in [-0.4, -0.2) is 15.1 Å². The van der Waals surface area contributed by atoms with E-state index in [2.05, 4.69) is 15.3 Å². The lowest BCUT2D eigenvalue weighted by Gasteiger charge is -2.14. The number of benzene rings is 1. The van der Waals surface area contributed by atoms with Crippen molar-refractivity contribution in [3.8, 4) is 5.75 Å². The standard InChI is InChI=1S/C13H15N3O/c1-9-3-4-11(7-13(9)17)16-10(2)12-8-14-5-6-15-12/h3-8,10,16-17H,1-2H3. The van der Waals surface area contributed by atoms with Crippen molar-refractivity contribution in [1.29, 1.82) is 0 Å². The zero-order valence-electron chi connectivity index (χ0n) is 9.88. The number of aromatic hydroxyl groups is 1. The Morgan fingerprint density at radius 2 is 2.12 bits per heavy atom. The molecule has 0 saturated carbocycles. The van der Waals surface area contributed by atoms with Crippen molar-refractivity contribution in [2.24, 2.45) is 0 Å². The molecule has 4 nitrogen and oxygen atoms in total. The Labute approximate surface area is 100 Å². The van der Waals surface area contributed by atoms with E-state index in [0.29, 0.717) is 5.75 Å². The van der Waals surface area contributed by atoms with Crippen molar-refractivity contribution in [3.05, 3.63) is 48.0 Å². The molecule has 2 aromatic rings. The van der Waals surface area contributed by atoms with Crippen LogP contribution in [0.4, 0.5) is 5.69 Å². The van der Waals surface area contributed by atoms with Gasteiger partial charge in [-0.05, 0) is 25.5 Å². The Morgan fingerprint density at radius 1 is 1.29 bits per heavy atom. The van der Waals surface area contributed by atoms with Gasteiger partial charge in [-0.3, -0.25) is 9.97 Å². The zero-order chi connectivity index (χ0) is 12.3. The van der Waals surface area contributed by atoms with Gasteiger partial charge in [-0.2, -0.15) is 0 Å². The second kappa shape index (κ2) is 4.82. The van der Waals surface area contributed by atoms with Crippen molar-refractivity contribution in [1.82, 2.24) is 9.97 Å². The summed E-state index contributed by atoms with van der Waals surface area (Å²) >= 11 is 0. The molecule has 0 amide bonds. The maximum Gasteiger partial charge on any atom is 0.120 e. The Bertz CT molecular complexity index is 499. The maximum atomic E-state index is 9.62. The first-order chi connectivity index (χ1) is 8.16. The summed E-state index contributed by atoms with van der Waals surface area (Å²) in [6.07, 6.45) is 5.04. The molecule has 2 N–H and O–H groups in total. The van der Waals surface area contributed by atoms with Gasteiger partial charge in [-0.25, -0.2) is 0 Å². The summed E-state index contributed by atoms with van der Waals surface area (Å²) in [5, 5.41) is 12.9. The van der Waals surface area contributed by atoms with E-state index in [9.17, 15) is 5.11 Å². The van der Waals surface area contributed by atoms with E-state index in [4.69, 9.17) is 0 Å². The molecule has 0 fully saturated rings. The molecule has 1 aromatic carbocycles. The van der Waals surface area contributed by atoms with Gasteiger partial charge < -0.3 is 10.4 Å². The smallest absolute Gasteiger partial charge is 0.120 e. The highest BCUT2D eigenvalue weighted by Gasteiger charge is 2.07. The largest absolute Gasteiger partial charge is 0.508 e. The van der Waals surface area contributed by atoms with Crippen LogP contribution in [0, 0.1) is 6.92 Å². The molecule has 4 heteroatoms. The topological polar surface area (TPSA) is 58.0 Å². The van der Waals surface area contributed by atoms with Gasteiger partial charge in [0.2, 0.25) is 0 Å². The molecule has 17 heavy (non-hydrogen) atoms. The lowest BCUT2D eigenvalue weighted by Crippen LogP contribution is -2.08. The van der Waals surface area contributed by atoms with Crippen molar-refractivity contribution >= 4 is 5.69 Å². The number of hydrogen-bond acceptors (Lipinski definition) is 4. The van der Waals surface area contributed by atoms with Crippen LogP contribution in [0.15, 0.2) is 36.8 Å².